The van der Waals surface area contributed by atoms with E-state index in [0.717, 1.165) is 11.8 Å². The van der Waals surface area contributed by atoms with E-state index in [9.17, 15) is 9.59 Å². The highest BCUT2D eigenvalue weighted by Gasteiger charge is 2.17. The molecule has 0 saturated heterocycles. The third-order valence-electron chi connectivity index (χ3n) is 2.84. The molecule has 0 aliphatic rings. The minimum Gasteiger partial charge on any atom is -0.368 e. The SMILES string of the molecule is CC(=O)c1cccc(NC(=O)[C@H](C)Sc2nc(N)nc(N)n2)c1. The highest BCUT2D eigenvalue weighted by atomic mass is 32.2. The van der Waals surface area contributed by atoms with E-state index in [1.807, 2.05) is 0 Å². The number of anilines is 3. The molecule has 2 aromatic rings. The van der Waals surface area contributed by atoms with E-state index in [0.29, 0.717) is 11.3 Å². The largest absolute Gasteiger partial charge is 0.368 e. The zero-order valence-corrected chi connectivity index (χ0v) is 13.4. The van der Waals surface area contributed by atoms with Crippen molar-refractivity contribution in [2.75, 3.05) is 16.8 Å². The Balaban J connectivity index is 2.05. The molecule has 1 atom stereocenters. The smallest absolute Gasteiger partial charge is 0.237 e. The number of ketones is 1. The van der Waals surface area contributed by atoms with Crippen molar-refractivity contribution in [1.29, 1.82) is 0 Å². The molecule has 2 rings (SSSR count). The maximum Gasteiger partial charge on any atom is 0.237 e. The second-order valence-corrected chi connectivity index (χ2v) is 6.03. The zero-order chi connectivity index (χ0) is 17.0. The van der Waals surface area contributed by atoms with Gasteiger partial charge in [-0.25, -0.2) is 0 Å². The van der Waals surface area contributed by atoms with Gasteiger partial charge in [0.15, 0.2) is 10.9 Å². The second kappa shape index (κ2) is 7.05. The Hall–Kier alpha value is -2.68. The zero-order valence-electron chi connectivity index (χ0n) is 12.6. The number of hydrogen-bond acceptors (Lipinski definition) is 8. The normalized spacial score (nSPS) is 11.7. The van der Waals surface area contributed by atoms with E-state index in [2.05, 4.69) is 20.3 Å². The topological polar surface area (TPSA) is 137 Å². The van der Waals surface area contributed by atoms with Crippen LogP contribution in [0.1, 0.15) is 24.2 Å². The number of rotatable bonds is 5. The molecule has 0 unspecified atom stereocenters. The fourth-order valence-corrected chi connectivity index (χ4v) is 2.49. The van der Waals surface area contributed by atoms with Gasteiger partial charge in [0, 0.05) is 11.3 Å². The fourth-order valence-electron chi connectivity index (χ4n) is 1.71. The summed E-state index contributed by atoms with van der Waals surface area (Å²) < 4.78 is 0. The lowest BCUT2D eigenvalue weighted by Crippen LogP contribution is -2.23. The molecule has 0 aliphatic heterocycles. The summed E-state index contributed by atoms with van der Waals surface area (Å²) in [6.07, 6.45) is 0. The Morgan fingerprint density at radius 1 is 1.17 bits per heavy atom. The number of aromatic nitrogens is 3. The quantitative estimate of drug-likeness (QED) is 0.551. The summed E-state index contributed by atoms with van der Waals surface area (Å²) in [5.41, 5.74) is 12.1. The Kier molecular flexibility index (Phi) is 5.12. The van der Waals surface area contributed by atoms with Crippen molar-refractivity contribution in [2.24, 2.45) is 0 Å². The van der Waals surface area contributed by atoms with Crippen LogP contribution in [0.3, 0.4) is 0 Å². The van der Waals surface area contributed by atoms with Crippen LogP contribution < -0.4 is 16.8 Å². The van der Waals surface area contributed by atoms with Crippen molar-refractivity contribution in [1.82, 2.24) is 15.0 Å². The number of amides is 1. The molecular formula is C14H16N6O2S. The molecule has 0 fully saturated rings. The van der Waals surface area contributed by atoms with Gasteiger partial charge in [-0.1, -0.05) is 23.9 Å². The number of Topliss-reactive ketones (excluding diaryl/α,β-unsaturated/α-hetero) is 1. The first kappa shape index (κ1) is 16.7. The van der Waals surface area contributed by atoms with E-state index in [-0.39, 0.29) is 28.7 Å². The number of carbonyl (C=O) groups excluding carboxylic acids is 2. The number of nitrogens with one attached hydrogen (secondary N) is 1. The average molecular weight is 332 g/mol. The summed E-state index contributed by atoms with van der Waals surface area (Å²) >= 11 is 1.11. The van der Waals surface area contributed by atoms with Gasteiger partial charge in [0.2, 0.25) is 17.8 Å². The van der Waals surface area contributed by atoms with Gasteiger partial charge in [-0.05, 0) is 26.0 Å². The molecule has 0 aliphatic carbocycles. The molecule has 120 valence electrons. The summed E-state index contributed by atoms with van der Waals surface area (Å²) in [7, 11) is 0. The Labute approximate surface area is 137 Å². The van der Waals surface area contributed by atoms with Crippen LogP contribution in [0.25, 0.3) is 0 Å². The van der Waals surface area contributed by atoms with Crippen LogP contribution >= 0.6 is 11.8 Å². The first-order chi connectivity index (χ1) is 10.8. The summed E-state index contributed by atoms with van der Waals surface area (Å²) in [6, 6.07) is 6.72. The van der Waals surface area contributed by atoms with Crippen LogP contribution in [0.5, 0.6) is 0 Å². The van der Waals surface area contributed by atoms with Gasteiger partial charge in [-0.3, -0.25) is 9.59 Å². The van der Waals surface area contributed by atoms with Gasteiger partial charge in [0.25, 0.3) is 0 Å². The van der Waals surface area contributed by atoms with Crippen molar-refractivity contribution in [3.63, 3.8) is 0 Å². The molecule has 9 heteroatoms. The van der Waals surface area contributed by atoms with E-state index in [1.165, 1.54) is 6.92 Å². The van der Waals surface area contributed by atoms with Crippen molar-refractivity contribution >= 4 is 41.0 Å². The molecule has 0 saturated carbocycles. The number of nitrogens with two attached hydrogens (primary N) is 2. The number of nitrogens with zero attached hydrogens (tertiary/aromatic N) is 3. The molecule has 1 aromatic carbocycles. The lowest BCUT2D eigenvalue weighted by Gasteiger charge is -2.11. The molecule has 1 aromatic heterocycles. The Morgan fingerprint density at radius 3 is 2.43 bits per heavy atom. The molecule has 5 N–H and O–H groups in total. The Bertz CT molecular complexity index is 732. The number of hydrogen-bond donors (Lipinski definition) is 3. The maximum atomic E-state index is 12.2. The van der Waals surface area contributed by atoms with Crippen molar-refractivity contribution < 1.29 is 9.59 Å². The van der Waals surface area contributed by atoms with E-state index in [1.54, 1.807) is 31.2 Å². The minimum absolute atomic E-state index is 0.00164. The van der Waals surface area contributed by atoms with Crippen LogP contribution in [-0.4, -0.2) is 31.9 Å². The summed E-state index contributed by atoms with van der Waals surface area (Å²) in [5.74, 6) is -0.323. The van der Waals surface area contributed by atoms with Gasteiger partial charge < -0.3 is 16.8 Å². The predicted octanol–water partition coefficient (Wildman–Crippen LogP) is 1.36. The van der Waals surface area contributed by atoms with E-state index in [4.69, 9.17) is 11.5 Å². The van der Waals surface area contributed by atoms with Gasteiger partial charge in [-0.2, -0.15) is 15.0 Å². The molecule has 1 heterocycles. The molecule has 1 amide bonds. The minimum atomic E-state index is -0.489. The fraction of sp³-hybridized carbons (Fsp3) is 0.214. The number of thioether (sulfide) groups is 1. The van der Waals surface area contributed by atoms with Gasteiger partial charge in [0.05, 0.1) is 5.25 Å². The standard InChI is InChI=1S/C14H16N6O2S/c1-7(21)9-4-3-5-10(6-9)17-11(22)8(2)23-14-19-12(15)18-13(16)20-14/h3-6,8H,1-2H3,(H,17,22)(H4,15,16,18,19,20)/t8-/m0/s1. The average Bonchev–Trinajstić information content (AvgIpc) is 2.46. The van der Waals surface area contributed by atoms with Crippen LogP contribution in [0.4, 0.5) is 17.6 Å². The Morgan fingerprint density at radius 2 is 1.83 bits per heavy atom. The highest BCUT2D eigenvalue weighted by Crippen LogP contribution is 2.22. The summed E-state index contributed by atoms with van der Waals surface area (Å²) in [4.78, 5) is 35.1. The lowest BCUT2D eigenvalue weighted by atomic mass is 10.1. The van der Waals surface area contributed by atoms with Crippen molar-refractivity contribution in [2.45, 2.75) is 24.3 Å². The van der Waals surface area contributed by atoms with Crippen LogP contribution in [0.15, 0.2) is 29.4 Å². The number of nitrogen functional groups attached to an aromatic ring is 2. The predicted molar refractivity (Wildman–Crippen MR) is 89.0 cm³/mol. The highest BCUT2D eigenvalue weighted by molar-refractivity contribution is 8.00. The van der Waals surface area contributed by atoms with Crippen LogP contribution in [0, 0.1) is 0 Å². The summed E-state index contributed by atoms with van der Waals surface area (Å²) in [6.45, 7) is 3.17. The third kappa shape index (κ3) is 4.65. The molecule has 0 spiro atoms. The van der Waals surface area contributed by atoms with Crippen molar-refractivity contribution in [3.05, 3.63) is 29.8 Å². The summed E-state index contributed by atoms with van der Waals surface area (Å²) in [5, 5.41) is 2.53. The van der Waals surface area contributed by atoms with Crippen LogP contribution in [0.2, 0.25) is 0 Å². The van der Waals surface area contributed by atoms with E-state index >= 15 is 0 Å². The van der Waals surface area contributed by atoms with Gasteiger partial charge >= 0.3 is 0 Å². The number of carbonyl (C=O) groups is 2. The molecule has 0 radical (unpaired) electrons. The molecule has 0 bridgehead atoms. The van der Waals surface area contributed by atoms with Gasteiger partial charge in [-0.15, -0.1) is 0 Å². The first-order valence-electron chi connectivity index (χ1n) is 6.70. The van der Waals surface area contributed by atoms with Crippen molar-refractivity contribution in [3.8, 4) is 0 Å². The number of benzene rings is 1. The second-order valence-electron chi connectivity index (χ2n) is 4.72. The third-order valence-corrected chi connectivity index (χ3v) is 3.80. The molecular weight excluding hydrogens is 316 g/mol. The van der Waals surface area contributed by atoms with E-state index < -0.39 is 5.25 Å². The lowest BCUT2D eigenvalue weighted by molar-refractivity contribution is -0.115. The monoisotopic (exact) mass is 332 g/mol. The molecule has 8 nitrogen and oxygen atoms in total. The van der Waals surface area contributed by atoms with Crippen LogP contribution in [-0.2, 0) is 4.79 Å². The molecule has 23 heavy (non-hydrogen) atoms. The van der Waals surface area contributed by atoms with Gasteiger partial charge in [0.1, 0.15) is 0 Å². The maximum absolute atomic E-state index is 12.2. The first-order valence-corrected chi connectivity index (χ1v) is 7.58.